The smallest absolute Gasteiger partial charge is 0.248 e. The summed E-state index contributed by atoms with van der Waals surface area (Å²) >= 11 is 0. The number of Topliss-reactive ketones (excluding diaryl/α,β-unsaturated/α-hetero) is 1. The maximum absolute atomic E-state index is 12.5. The number of aliphatic hydroxyl groups is 1. The molecule has 3 heterocycles. The van der Waals surface area contributed by atoms with Gasteiger partial charge in [0, 0.05) is 37.8 Å². The van der Waals surface area contributed by atoms with Gasteiger partial charge in [-0.2, -0.15) is 0 Å². The molecule has 140 valence electrons. The Morgan fingerprint density at radius 2 is 2.04 bits per heavy atom. The van der Waals surface area contributed by atoms with Gasteiger partial charge in [0.1, 0.15) is 6.61 Å². The number of nitrogens with zero attached hydrogens (tertiary/aromatic N) is 2. The molecule has 1 aromatic carbocycles. The largest absolute Gasteiger partial charge is 0.389 e. The molecular weight excluding hydrogens is 332 g/mol. The fourth-order valence-electron chi connectivity index (χ4n) is 5.17. The number of hydrogen-bond acceptors (Lipinski definition) is 5. The van der Waals surface area contributed by atoms with Crippen LogP contribution in [-0.2, 0) is 16.1 Å². The lowest BCUT2D eigenvalue weighted by molar-refractivity contribution is -0.143. The number of rotatable bonds is 5. The highest BCUT2D eigenvalue weighted by Crippen LogP contribution is 2.46. The van der Waals surface area contributed by atoms with Gasteiger partial charge in [0.15, 0.2) is 5.78 Å². The van der Waals surface area contributed by atoms with Crippen molar-refractivity contribution in [1.82, 2.24) is 9.80 Å². The second kappa shape index (κ2) is 6.76. The van der Waals surface area contributed by atoms with Gasteiger partial charge in [0.05, 0.1) is 12.1 Å². The molecule has 5 atom stereocenters. The molecule has 3 saturated heterocycles. The van der Waals surface area contributed by atoms with Crippen LogP contribution in [0.2, 0.25) is 0 Å². The monoisotopic (exact) mass is 358 g/mol. The van der Waals surface area contributed by atoms with Crippen molar-refractivity contribution in [3.63, 3.8) is 0 Å². The van der Waals surface area contributed by atoms with Crippen molar-refractivity contribution in [2.75, 3.05) is 20.3 Å². The number of benzene rings is 1. The normalized spacial score (nSPS) is 32.9. The van der Waals surface area contributed by atoms with Gasteiger partial charge in [0.2, 0.25) is 5.91 Å². The number of aliphatic hydroxyl groups excluding tert-OH is 1. The minimum Gasteiger partial charge on any atom is -0.389 e. The third-order valence-corrected chi connectivity index (χ3v) is 6.24. The molecule has 4 rings (SSSR count). The van der Waals surface area contributed by atoms with Gasteiger partial charge >= 0.3 is 0 Å². The number of likely N-dealkylation sites (tertiary alicyclic amines) is 1. The minimum atomic E-state index is -0.524. The van der Waals surface area contributed by atoms with Crippen molar-refractivity contribution in [3.8, 4) is 0 Å². The van der Waals surface area contributed by atoms with Gasteiger partial charge < -0.3 is 14.7 Å². The number of methoxy groups -OCH3 is 1. The van der Waals surface area contributed by atoms with E-state index < -0.39 is 6.10 Å². The van der Waals surface area contributed by atoms with Crippen LogP contribution in [0.5, 0.6) is 0 Å². The van der Waals surface area contributed by atoms with E-state index in [4.69, 9.17) is 4.74 Å². The van der Waals surface area contributed by atoms with E-state index in [0.717, 1.165) is 24.9 Å². The highest BCUT2D eigenvalue weighted by atomic mass is 16.5. The Bertz CT molecular complexity index is 722. The van der Waals surface area contributed by atoms with Crippen LogP contribution in [-0.4, -0.2) is 71.1 Å². The first kappa shape index (κ1) is 17.6. The highest BCUT2D eigenvalue weighted by Gasteiger charge is 2.58. The van der Waals surface area contributed by atoms with Crippen LogP contribution in [0.1, 0.15) is 35.7 Å². The van der Waals surface area contributed by atoms with Crippen LogP contribution in [0.25, 0.3) is 0 Å². The SMILES string of the molecule is COCC(=O)N1C[C@@H]2C[C@@H]3C1[C@@H](O)[C@H](C2)N3Cc1cccc(C(C)=O)c1. The first-order valence-electron chi connectivity index (χ1n) is 9.31. The molecule has 6 heteroatoms. The molecule has 1 N–H and O–H groups in total. The third-order valence-electron chi connectivity index (χ3n) is 6.24. The zero-order valence-corrected chi connectivity index (χ0v) is 15.3. The lowest BCUT2D eigenvalue weighted by Gasteiger charge is -2.46. The summed E-state index contributed by atoms with van der Waals surface area (Å²) in [5, 5.41) is 10.9. The Balaban J connectivity index is 1.58. The predicted octanol–water partition coefficient (Wildman–Crippen LogP) is 1.07. The van der Waals surface area contributed by atoms with Crippen LogP contribution < -0.4 is 0 Å². The average Bonchev–Trinajstić information content (AvgIpc) is 2.74. The van der Waals surface area contributed by atoms with Crippen molar-refractivity contribution in [1.29, 1.82) is 0 Å². The fourth-order valence-corrected chi connectivity index (χ4v) is 5.17. The van der Waals surface area contributed by atoms with E-state index in [1.54, 1.807) is 6.92 Å². The summed E-state index contributed by atoms with van der Waals surface area (Å²) in [5.74, 6) is 0.468. The Kier molecular flexibility index (Phi) is 4.59. The number of fused-ring (bicyclic) bond motifs is 2. The molecule has 1 aromatic rings. The zero-order valence-electron chi connectivity index (χ0n) is 15.3. The van der Waals surface area contributed by atoms with Gasteiger partial charge in [0.25, 0.3) is 0 Å². The van der Waals surface area contributed by atoms with E-state index in [1.807, 2.05) is 29.2 Å². The summed E-state index contributed by atoms with van der Waals surface area (Å²) in [5.41, 5.74) is 1.79. The summed E-state index contributed by atoms with van der Waals surface area (Å²) in [6, 6.07) is 7.80. The number of ketones is 1. The Labute approximate surface area is 153 Å². The first-order chi connectivity index (χ1) is 12.5. The molecule has 3 aliphatic heterocycles. The molecule has 26 heavy (non-hydrogen) atoms. The second-order valence-corrected chi connectivity index (χ2v) is 7.86. The van der Waals surface area contributed by atoms with Crippen LogP contribution in [0.15, 0.2) is 24.3 Å². The number of piperidine rings is 2. The topological polar surface area (TPSA) is 70.1 Å². The first-order valence-corrected chi connectivity index (χ1v) is 9.31. The molecule has 0 saturated carbocycles. The van der Waals surface area contributed by atoms with Crippen molar-refractivity contribution in [2.24, 2.45) is 5.92 Å². The fraction of sp³-hybridized carbons (Fsp3) is 0.600. The molecule has 1 unspecified atom stereocenters. The summed E-state index contributed by atoms with van der Waals surface area (Å²) in [7, 11) is 1.53. The lowest BCUT2D eigenvalue weighted by atomic mass is 9.86. The van der Waals surface area contributed by atoms with Crippen molar-refractivity contribution >= 4 is 11.7 Å². The van der Waals surface area contributed by atoms with Gasteiger partial charge in [-0.1, -0.05) is 18.2 Å². The van der Waals surface area contributed by atoms with E-state index in [0.29, 0.717) is 18.0 Å². The van der Waals surface area contributed by atoms with Crippen molar-refractivity contribution in [2.45, 2.75) is 50.5 Å². The van der Waals surface area contributed by atoms with Crippen molar-refractivity contribution < 1.29 is 19.4 Å². The van der Waals surface area contributed by atoms with E-state index in [-0.39, 0.29) is 36.4 Å². The zero-order chi connectivity index (χ0) is 18.4. The van der Waals surface area contributed by atoms with Gasteiger partial charge in [-0.15, -0.1) is 0 Å². The summed E-state index contributed by atoms with van der Waals surface area (Å²) < 4.78 is 5.03. The van der Waals surface area contributed by atoms with Crippen LogP contribution in [0.3, 0.4) is 0 Å². The van der Waals surface area contributed by atoms with E-state index in [2.05, 4.69) is 4.90 Å². The van der Waals surface area contributed by atoms with Crippen LogP contribution in [0.4, 0.5) is 0 Å². The number of carbonyl (C=O) groups excluding carboxylic acids is 2. The predicted molar refractivity (Wildman–Crippen MR) is 95.7 cm³/mol. The number of hydrogen-bond donors (Lipinski definition) is 1. The van der Waals surface area contributed by atoms with Crippen LogP contribution >= 0.6 is 0 Å². The van der Waals surface area contributed by atoms with E-state index in [1.165, 1.54) is 7.11 Å². The lowest BCUT2D eigenvalue weighted by Crippen LogP contribution is -2.58. The molecule has 0 radical (unpaired) electrons. The highest BCUT2D eigenvalue weighted by molar-refractivity contribution is 5.94. The van der Waals surface area contributed by atoms with Gasteiger partial charge in [-0.05, 0) is 37.3 Å². The van der Waals surface area contributed by atoms with Crippen LogP contribution in [0, 0.1) is 5.92 Å². The molecule has 3 bridgehead atoms. The average molecular weight is 358 g/mol. The number of carbonyl (C=O) groups is 2. The quantitative estimate of drug-likeness (QED) is 0.798. The molecular formula is C20H26N2O4. The maximum Gasteiger partial charge on any atom is 0.248 e. The summed E-state index contributed by atoms with van der Waals surface area (Å²) in [6.07, 6.45) is 1.41. The Morgan fingerprint density at radius 1 is 1.27 bits per heavy atom. The Morgan fingerprint density at radius 3 is 2.77 bits per heavy atom. The molecule has 3 fully saturated rings. The molecule has 3 aliphatic rings. The van der Waals surface area contributed by atoms with E-state index >= 15 is 0 Å². The maximum atomic E-state index is 12.5. The van der Waals surface area contributed by atoms with Crippen molar-refractivity contribution in [3.05, 3.63) is 35.4 Å². The van der Waals surface area contributed by atoms with Gasteiger partial charge in [-0.25, -0.2) is 0 Å². The Hall–Kier alpha value is -1.76. The standard InChI is InChI=1S/C20H26N2O4/c1-12(23)15-5-3-4-13(6-15)9-21-16-7-14-8-17(21)20(25)19(16)22(10-14)18(24)11-26-2/h3-6,14,16-17,19-20,25H,7-11H2,1-2H3/t14-,16-,17+,19?,20+/m1/s1. The molecule has 0 aromatic heterocycles. The second-order valence-electron chi connectivity index (χ2n) is 7.86. The number of amides is 1. The summed E-state index contributed by atoms with van der Waals surface area (Å²) in [6.45, 7) is 3.06. The molecule has 0 aliphatic carbocycles. The molecule has 1 amide bonds. The van der Waals surface area contributed by atoms with E-state index in [9.17, 15) is 14.7 Å². The number of ether oxygens (including phenoxy) is 1. The third kappa shape index (κ3) is 2.86. The molecule has 6 nitrogen and oxygen atoms in total. The summed E-state index contributed by atoms with van der Waals surface area (Å²) in [4.78, 5) is 28.3. The minimum absolute atomic E-state index is 0.0349. The molecule has 0 spiro atoms. The van der Waals surface area contributed by atoms with Gasteiger partial charge in [-0.3, -0.25) is 14.5 Å².